The number of ether oxygens (including phenoxy) is 3. The molecule has 1 aliphatic heterocycles. The third kappa shape index (κ3) is 3.07. The minimum Gasteiger partial charge on any atom is -0.497 e. The van der Waals surface area contributed by atoms with Crippen molar-refractivity contribution in [1.29, 1.82) is 0 Å². The van der Waals surface area contributed by atoms with E-state index in [0.29, 0.717) is 41.2 Å². The van der Waals surface area contributed by atoms with Crippen molar-refractivity contribution in [3.8, 4) is 11.5 Å². The SMILES string of the molecule is COc1ccc(OC)c(C2C3=C(CCCC3=O)OC2C(=O)c2ccccc2)c1. The Balaban J connectivity index is 1.85. The van der Waals surface area contributed by atoms with Crippen LogP contribution in [-0.2, 0) is 9.53 Å². The highest BCUT2D eigenvalue weighted by Crippen LogP contribution is 2.48. The molecule has 2 aromatic rings. The van der Waals surface area contributed by atoms with Gasteiger partial charge in [-0.1, -0.05) is 30.3 Å². The maximum Gasteiger partial charge on any atom is 0.204 e. The fourth-order valence-electron chi connectivity index (χ4n) is 4.05. The number of hydrogen-bond acceptors (Lipinski definition) is 5. The van der Waals surface area contributed by atoms with Gasteiger partial charge < -0.3 is 14.2 Å². The van der Waals surface area contributed by atoms with Crippen LogP contribution in [0, 0.1) is 0 Å². The smallest absolute Gasteiger partial charge is 0.204 e. The van der Waals surface area contributed by atoms with Crippen LogP contribution < -0.4 is 9.47 Å². The van der Waals surface area contributed by atoms with Crippen molar-refractivity contribution in [2.24, 2.45) is 0 Å². The fourth-order valence-corrected chi connectivity index (χ4v) is 4.05. The van der Waals surface area contributed by atoms with E-state index in [9.17, 15) is 9.59 Å². The predicted molar refractivity (Wildman–Crippen MR) is 104 cm³/mol. The first kappa shape index (κ1) is 18.3. The molecule has 5 heteroatoms. The number of carbonyl (C=O) groups excluding carboxylic acids is 2. The third-order valence-corrected chi connectivity index (χ3v) is 5.38. The molecule has 4 rings (SSSR count). The summed E-state index contributed by atoms with van der Waals surface area (Å²) >= 11 is 0. The minimum absolute atomic E-state index is 0.0412. The van der Waals surface area contributed by atoms with Crippen LogP contribution in [0.25, 0.3) is 0 Å². The number of allylic oxidation sites excluding steroid dienone is 1. The van der Waals surface area contributed by atoms with Crippen LogP contribution in [0.2, 0.25) is 0 Å². The van der Waals surface area contributed by atoms with E-state index in [0.717, 1.165) is 12.0 Å². The number of methoxy groups -OCH3 is 2. The van der Waals surface area contributed by atoms with E-state index in [1.165, 1.54) is 0 Å². The van der Waals surface area contributed by atoms with Gasteiger partial charge in [0.2, 0.25) is 5.78 Å². The first-order valence-electron chi connectivity index (χ1n) is 9.38. The first-order valence-corrected chi connectivity index (χ1v) is 9.38. The lowest BCUT2D eigenvalue weighted by Gasteiger charge is -2.23. The highest BCUT2D eigenvalue weighted by molar-refractivity contribution is 6.05. The molecule has 2 aliphatic rings. The average molecular weight is 378 g/mol. The van der Waals surface area contributed by atoms with E-state index < -0.39 is 12.0 Å². The molecule has 144 valence electrons. The van der Waals surface area contributed by atoms with Gasteiger partial charge in [0.05, 0.1) is 20.1 Å². The van der Waals surface area contributed by atoms with Crippen LogP contribution in [0.3, 0.4) is 0 Å². The molecule has 0 spiro atoms. The Hall–Kier alpha value is -3.08. The van der Waals surface area contributed by atoms with Crippen molar-refractivity contribution >= 4 is 11.6 Å². The van der Waals surface area contributed by atoms with E-state index >= 15 is 0 Å². The van der Waals surface area contributed by atoms with Gasteiger partial charge >= 0.3 is 0 Å². The topological polar surface area (TPSA) is 61.8 Å². The zero-order valence-electron chi connectivity index (χ0n) is 15.9. The van der Waals surface area contributed by atoms with Crippen molar-refractivity contribution in [2.45, 2.75) is 31.3 Å². The Bertz CT molecular complexity index is 945. The van der Waals surface area contributed by atoms with Crippen molar-refractivity contribution in [2.75, 3.05) is 14.2 Å². The summed E-state index contributed by atoms with van der Waals surface area (Å²) in [5.74, 6) is 1.27. The summed E-state index contributed by atoms with van der Waals surface area (Å²) in [4.78, 5) is 26.1. The van der Waals surface area contributed by atoms with Crippen LogP contribution in [0.15, 0.2) is 59.9 Å². The lowest BCUT2D eigenvalue weighted by atomic mass is 9.79. The second-order valence-corrected chi connectivity index (χ2v) is 6.97. The predicted octanol–water partition coefficient (Wildman–Crippen LogP) is 4.08. The van der Waals surface area contributed by atoms with Gasteiger partial charge in [-0.3, -0.25) is 9.59 Å². The van der Waals surface area contributed by atoms with Gasteiger partial charge in [-0.05, 0) is 24.6 Å². The molecular formula is C23H22O5. The molecule has 0 aromatic heterocycles. The molecule has 0 amide bonds. The Morgan fingerprint density at radius 3 is 2.54 bits per heavy atom. The second-order valence-electron chi connectivity index (χ2n) is 6.97. The molecule has 2 unspecified atom stereocenters. The normalized spacial score (nSPS) is 21.1. The summed E-state index contributed by atoms with van der Waals surface area (Å²) in [5.41, 5.74) is 1.90. The minimum atomic E-state index is -0.796. The van der Waals surface area contributed by atoms with Crippen LogP contribution in [0.5, 0.6) is 11.5 Å². The van der Waals surface area contributed by atoms with Gasteiger partial charge in [-0.15, -0.1) is 0 Å². The van der Waals surface area contributed by atoms with Gasteiger partial charge in [0.25, 0.3) is 0 Å². The Morgan fingerprint density at radius 2 is 1.82 bits per heavy atom. The monoisotopic (exact) mass is 378 g/mol. The Kier molecular flexibility index (Phi) is 4.90. The molecule has 1 aliphatic carbocycles. The van der Waals surface area contributed by atoms with Gasteiger partial charge in [-0.2, -0.15) is 0 Å². The number of Topliss-reactive ketones (excluding diaryl/α,β-unsaturated/α-hetero) is 2. The quantitative estimate of drug-likeness (QED) is 0.734. The lowest BCUT2D eigenvalue weighted by molar-refractivity contribution is -0.116. The number of hydrogen-bond donors (Lipinski definition) is 0. The third-order valence-electron chi connectivity index (χ3n) is 5.38. The molecule has 2 atom stereocenters. The van der Waals surface area contributed by atoms with E-state index in [2.05, 4.69) is 0 Å². The van der Waals surface area contributed by atoms with Gasteiger partial charge in [0, 0.05) is 29.5 Å². The van der Waals surface area contributed by atoms with Crippen LogP contribution >= 0.6 is 0 Å². The highest BCUT2D eigenvalue weighted by Gasteiger charge is 2.47. The number of ketones is 2. The zero-order chi connectivity index (χ0) is 19.7. The molecule has 1 heterocycles. The molecule has 0 saturated carbocycles. The molecular weight excluding hydrogens is 356 g/mol. The first-order chi connectivity index (χ1) is 13.6. The molecule has 0 bridgehead atoms. The number of rotatable bonds is 5. The van der Waals surface area contributed by atoms with Crippen molar-refractivity contribution in [3.63, 3.8) is 0 Å². The van der Waals surface area contributed by atoms with Crippen molar-refractivity contribution in [1.82, 2.24) is 0 Å². The summed E-state index contributed by atoms with van der Waals surface area (Å²) < 4.78 is 17.0. The summed E-state index contributed by atoms with van der Waals surface area (Å²) in [6.07, 6.45) is 1.08. The van der Waals surface area contributed by atoms with E-state index in [-0.39, 0.29) is 11.6 Å². The molecule has 0 fully saturated rings. The maximum absolute atomic E-state index is 13.3. The Labute approximate surface area is 163 Å². The molecule has 0 radical (unpaired) electrons. The lowest BCUT2D eigenvalue weighted by Crippen LogP contribution is -2.29. The van der Waals surface area contributed by atoms with E-state index in [4.69, 9.17) is 14.2 Å². The largest absolute Gasteiger partial charge is 0.497 e. The standard InChI is InChI=1S/C23H22O5/c1-26-15-11-12-18(27-2)16(13-15)20-21-17(24)9-6-10-19(21)28-23(20)22(25)14-7-4-3-5-8-14/h3-5,7-8,11-13,20,23H,6,9-10H2,1-2H3. The van der Waals surface area contributed by atoms with Crippen LogP contribution in [-0.4, -0.2) is 31.9 Å². The molecule has 2 aromatic carbocycles. The molecule has 0 N–H and O–H groups in total. The summed E-state index contributed by atoms with van der Waals surface area (Å²) in [5, 5.41) is 0. The van der Waals surface area contributed by atoms with Gasteiger partial charge in [0.1, 0.15) is 17.3 Å². The van der Waals surface area contributed by atoms with Crippen LogP contribution in [0.4, 0.5) is 0 Å². The maximum atomic E-state index is 13.3. The van der Waals surface area contributed by atoms with Crippen molar-refractivity contribution in [3.05, 3.63) is 71.0 Å². The molecule has 28 heavy (non-hydrogen) atoms. The van der Waals surface area contributed by atoms with Gasteiger partial charge in [0.15, 0.2) is 11.9 Å². The van der Waals surface area contributed by atoms with Gasteiger partial charge in [-0.25, -0.2) is 0 Å². The molecule has 5 nitrogen and oxygen atoms in total. The van der Waals surface area contributed by atoms with E-state index in [1.54, 1.807) is 38.5 Å². The average Bonchev–Trinajstić information content (AvgIpc) is 3.14. The van der Waals surface area contributed by atoms with Crippen LogP contribution in [0.1, 0.15) is 41.1 Å². The summed E-state index contributed by atoms with van der Waals surface area (Å²) in [6, 6.07) is 14.5. The Morgan fingerprint density at radius 1 is 1.04 bits per heavy atom. The highest BCUT2D eigenvalue weighted by atomic mass is 16.5. The summed E-state index contributed by atoms with van der Waals surface area (Å²) in [6.45, 7) is 0. The zero-order valence-corrected chi connectivity index (χ0v) is 15.9. The van der Waals surface area contributed by atoms with Crippen molar-refractivity contribution < 1.29 is 23.8 Å². The summed E-state index contributed by atoms with van der Waals surface area (Å²) in [7, 11) is 3.16. The second kappa shape index (κ2) is 7.50. The fraction of sp³-hybridized carbons (Fsp3) is 0.304. The number of carbonyl (C=O) groups is 2. The van der Waals surface area contributed by atoms with E-state index in [1.807, 2.05) is 24.3 Å². The number of benzene rings is 2. The molecule has 0 saturated heterocycles.